The number of hydrazone groups is 1. The molecule has 0 aromatic heterocycles. The van der Waals surface area contributed by atoms with E-state index in [9.17, 15) is 14.7 Å². The minimum absolute atomic E-state index is 0.0562. The summed E-state index contributed by atoms with van der Waals surface area (Å²) in [5.41, 5.74) is 4.70. The predicted octanol–water partition coefficient (Wildman–Crippen LogP) is 3.96. The Kier molecular flexibility index (Phi) is 4.48. The summed E-state index contributed by atoms with van der Waals surface area (Å²) >= 11 is 0. The van der Waals surface area contributed by atoms with Gasteiger partial charge >= 0.3 is 5.97 Å². The summed E-state index contributed by atoms with van der Waals surface area (Å²) in [5.74, 6) is -1.32. The first kappa shape index (κ1) is 18.2. The Morgan fingerprint density at radius 1 is 1.03 bits per heavy atom. The maximum absolute atomic E-state index is 12.8. The Balaban J connectivity index is 1.59. The van der Waals surface area contributed by atoms with Crippen LogP contribution in [0.1, 0.15) is 17.3 Å². The van der Waals surface area contributed by atoms with Crippen LogP contribution in [0.15, 0.2) is 77.5 Å². The Bertz CT molecular complexity index is 1200. The number of nitrogens with one attached hydrogen (secondary N) is 1. The Labute approximate surface area is 166 Å². The molecule has 0 unspecified atom stereocenters. The van der Waals surface area contributed by atoms with Gasteiger partial charge in [0.25, 0.3) is 5.91 Å². The lowest BCUT2D eigenvalue weighted by molar-refractivity contribution is -0.111. The summed E-state index contributed by atoms with van der Waals surface area (Å²) in [5, 5.41) is 25.2. The third kappa shape index (κ3) is 3.29. The normalized spacial score (nSPS) is 15.1. The average molecular weight is 387 g/mol. The fourth-order valence-electron chi connectivity index (χ4n) is 3.15. The van der Waals surface area contributed by atoms with Crippen LogP contribution in [0, 0.1) is 0 Å². The van der Waals surface area contributed by atoms with Gasteiger partial charge in [0.05, 0.1) is 11.3 Å². The number of aromatic hydroxyl groups is 1. The molecule has 3 aromatic rings. The molecule has 0 saturated carbocycles. The number of anilines is 2. The van der Waals surface area contributed by atoms with Crippen molar-refractivity contribution in [3.8, 4) is 5.75 Å². The van der Waals surface area contributed by atoms with Crippen LogP contribution in [0.25, 0.3) is 10.8 Å². The van der Waals surface area contributed by atoms with E-state index >= 15 is 0 Å². The van der Waals surface area contributed by atoms with Crippen molar-refractivity contribution in [3.05, 3.63) is 78.0 Å². The van der Waals surface area contributed by atoms with Gasteiger partial charge in [-0.1, -0.05) is 30.3 Å². The van der Waals surface area contributed by atoms with Gasteiger partial charge in [-0.25, -0.2) is 4.79 Å². The molecule has 1 amide bonds. The quantitative estimate of drug-likeness (QED) is 0.464. The van der Waals surface area contributed by atoms with Crippen LogP contribution in [0.5, 0.6) is 5.75 Å². The molecule has 7 heteroatoms. The van der Waals surface area contributed by atoms with Gasteiger partial charge in [0, 0.05) is 17.3 Å². The summed E-state index contributed by atoms with van der Waals surface area (Å²) in [6.07, 6.45) is 1.64. The van der Waals surface area contributed by atoms with Crippen molar-refractivity contribution in [1.82, 2.24) is 0 Å². The number of hydrogen-bond donors (Lipinski definition) is 3. The highest BCUT2D eigenvalue weighted by molar-refractivity contribution is 6.52. The molecular formula is C22H17N3O4. The molecule has 3 N–H and O–H groups in total. The number of carbonyl (C=O) groups is 2. The van der Waals surface area contributed by atoms with Crippen molar-refractivity contribution in [3.63, 3.8) is 0 Å². The molecule has 0 radical (unpaired) electrons. The molecule has 0 bridgehead atoms. The minimum atomic E-state index is -1.03. The summed E-state index contributed by atoms with van der Waals surface area (Å²) in [7, 11) is 0. The number of carbonyl (C=O) groups excluding carboxylic acids is 1. The number of phenolic OH excluding ortho intramolecular Hbond substituents is 1. The van der Waals surface area contributed by atoms with Crippen molar-refractivity contribution in [2.45, 2.75) is 6.92 Å². The Morgan fingerprint density at radius 3 is 2.48 bits per heavy atom. The molecule has 0 fully saturated rings. The number of carboxylic acids is 1. The van der Waals surface area contributed by atoms with Crippen LogP contribution >= 0.6 is 0 Å². The molecule has 1 aliphatic heterocycles. The van der Waals surface area contributed by atoms with Crippen LogP contribution in [0.3, 0.4) is 0 Å². The summed E-state index contributed by atoms with van der Waals surface area (Å²) in [4.78, 5) is 25.2. The van der Waals surface area contributed by atoms with Crippen LogP contribution in [-0.4, -0.2) is 27.8 Å². The number of rotatable bonds is 4. The van der Waals surface area contributed by atoms with E-state index in [2.05, 4.69) is 10.5 Å². The maximum atomic E-state index is 12.8. The molecule has 0 saturated heterocycles. The predicted molar refractivity (Wildman–Crippen MR) is 111 cm³/mol. The van der Waals surface area contributed by atoms with E-state index in [1.54, 1.807) is 37.4 Å². The Hall–Kier alpha value is -4.13. The highest BCUT2D eigenvalue weighted by Gasteiger charge is 2.28. The molecule has 0 atom stereocenters. The van der Waals surface area contributed by atoms with E-state index in [1.807, 2.05) is 24.3 Å². The molecule has 1 aliphatic rings. The molecule has 4 rings (SSSR count). The summed E-state index contributed by atoms with van der Waals surface area (Å²) < 4.78 is 0. The molecule has 29 heavy (non-hydrogen) atoms. The van der Waals surface area contributed by atoms with Gasteiger partial charge in [0.1, 0.15) is 5.75 Å². The van der Waals surface area contributed by atoms with Gasteiger partial charge < -0.3 is 10.2 Å². The van der Waals surface area contributed by atoms with Gasteiger partial charge in [-0.2, -0.15) is 5.10 Å². The molecule has 1 heterocycles. The second-order valence-corrected chi connectivity index (χ2v) is 6.59. The van der Waals surface area contributed by atoms with Gasteiger partial charge in [0.15, 0.2) is 5.71 Å². The minimum Gasteiger partial charge on any atom is -0.505 e. The number of fused-ring (bicyclic) bond motifs is 1. The van der Waals surface area contributed by atoms with Gasteiger partial charge in [-0.3, -0.25) is 15.1 Å². The summed E-state index contributed by atoms with van der Waals surface area (Å²) in [6.45, 7) is 1.75. The van der Waals surface area contributed by atoms with Crippen LogP contribution in [-0.2, 0) is 4.79 Å². The van der Waals surface area contributed by atoms with Crippen LogP contribution < -0.4 is 10.3 Å². The number of amides is 1. The number of carboxylic acid groups (broad SMARTS) is 1. The Morgan fingerprint density at radius 2 is 1.76 bits per heavy atom. The first-order chi connectivity index (χ1) is 14.0. The van der Waals surface area contributed by atoms with Crippen LogP contribution in [0.4, 0.5) is 11.4 Å². The summed E-state index contributed by atoms with van der Waals surface area (Å²) in [6, 6.07) is 17.0. The third-order valence-corrected chi connectivity index (χ3v) is 4.70. The standard InChI is InChI=1S/C22H17N3O4/c1-13-12-25(16-9-6-15(7-10-16)22(28)29)21(27)19(13)24-23-18-11-8-14-4-2-3-5-17(14)20(18)26/h2-12,23,26H,1H3,(H,28,29)/b24-19-. The van der Waals surface area contributed by atoms with E-state index in [4.69, 9.17) is 5.11 Å². The van der Waals surface area contributed by atoms with Crippen molar-refractivity contribution in [1.29, 1.82) is 0 Å². The third-order valence-electron chi connectivity index (χ3n) is 4.70. The zero-order chi connectivity index (χ0) is 20.5. The number of phenols is 1. The van der Waals surface area contributed by atoms with Gasteiger partial charge in [0.2, 0.25) is 0 Å². The molecule has 0 spiro atoms. The van der Waals surface area contributed by atoms with E-state index in [-0.39, 0.29) is 22.9 Å². The largest absolute Gasteiger partial charge is 0.505 e. The van der Waals surface area contributed by atoms with E-state index in [1.165, 1.54) is 17.0 Å². The first-order valence-electron chi connectivity index (χ1n) is 8.86. The van der Waals surface area contributed by atoms with Crippen molar-refractivity contribution < 1.29 is 19.8 Å². The highest BCUT2D eigenvalue weighted by atomic mass is 16.4. The van der Waals surface area contributed by atoms with Crippen molar-refractivity contribution >= 4 is 39.7 Å². The maximum Gasteiger partial charge on any atom is 0.335 e. The van der Waals surface area contributed by atoms with Gasteiger partial charge in [-0.15, -0.1) is 0 Å². The zero-order valence-corrected chi connectivity index (χ0v) is 15.5. The number of hydrogen-bond acceptors (Lipinski definition) is 5. The van der Waals surface area contributed by atoms with E-state index < -0.39 is 5.97 Å². The smallest absolute Gasteiger partial charge is 0.335 e. The fourth-order valence-corrected chi connectivity index (χ4v) is 3.15. The SMILES string of the molecule is CC1=CN(c2ccc(C(=O)O)cc2)C(=O)/C1=N\Nc1ccc2ccccc2c1O. The molecule has 7 nitrogen and oxygen atoms in total. The number of aromatic carboxylic acids is 1. The lowest BCUT2D eigenvalue weighted by Crippen LogP contribution is -2.26. The zero-order valence-electron chi connectivity index (χ0n) is 15.5. The van der Waals surface area contributed by atoms with Crippen LogP contribution in [0.2, 0.25) is 0 Å². The highest BCUT2D eigenvalue weighted by Crippen LogP contribution is 2.32. The number of nitrogens with zero attached hydrogens (tertiary/aromatic N) is 2. The molecule has 144 valence electrons. The van der Waals surface area contributed by atoms with E-state index in [0.29, 0.717) is 22.3 Å². The lowest BCUT2D eigenvalue weighted by atomic mass is 10.1. The monoisotopic (exact) mass is 387 g/mol. The van der Waals surface area contributed by atoms with Crippen molar-refractivity contribution in [2.75, 3.05) is 10.3 Å². The number of benzene rings is 3. The first-order valence-corrected chi connectivity index (χ1v) is 8.86. The molecular weight excluding hydrogens is 370 g/mol. The second kappa shape index (κ2) is 7.12. The van der Waals surface area contributed by atoms with Crippen molar-refractivity contribution in [2.24, 2.45) is 5.10 Å². The molecule has 0 aliphatic carbocycles. The fraction of sp³-hybridized carbons (Fsp3) is 0.0455. The average Bonchev–Trinajstić information content (AvgIpc) is 3.01. The van der Waals surface area contributed by atoms with E-state index in [0.717, 1.165) is 5.39 Å². The topological polar surface area (TPSA) is 102 Å². The molecule has 3 aromatic carbocycles. The second-order valence-electron chi connectivity index (χ2n) is 6.59. The van der Waals surface area contributed by atoms with Gasteiger partial charge in [-0.05, 0) is 48.2 Å². The lowest BCUT2D eigenvalue weighted by Gasteiger charge is -2.13.